The second-order valence-corrected chi connectivity index (χ2v) is 5.76. The number of ether oxygens (including phenoxy) is 1. The van der Waals surface area contributed by atoms with Gasteiger partial charge in [0.1, 0.15) is 17.9 Å². The molecule has 0 aromatic heterocycles. The number of urea groups is 1. The molecule has 9 nitrogen and oxygen atoms in total. The van der Waals surface area contributed by atoms with Crippen molar-refractivity contribution >= 4 is 35.3 Å². The number of terminal acetylenes is 1. The van der Waals surface area contributed by atoms with E-state index in [0.717, 1.165) is 17.0 Å². The van der Waals surface area contributed by atoms with Gasteiger partial charge in [-0.15, -0.1) is 6.42 Å². The van der Waals surface area contributed by atoms with Gasteiger partial charge in [-0.3, -0.25) is 25.0 Å². The van der Waals surface area contributed by atoms with Crippen LogP contribution in [0.25, 0.3) is 6.08 Å². The van der Waals surface area contributed by atoms with E-state index < -0.39 is 22.8 Å². The predicted molar refractivity (Wildman–Crippen MR) is 103 cm³/mol. The third-order valence-electron chi connectivity index (χ3n) is 3.95. The molecule has 3 rings (SSSR count). The molecule has 4 amide bonds. The summed E-state index contributed by atoms with van der Waals surface area (Å²) in [5.41, 5.74) is -0.0163. The molecule has 1 aliphatic rings. The van der Waals surface area contributed by atoms with Crippen LogP contribution in [0.5, 0.6) is 5.75 Å². The van der Waals surface area contributed by atoms with E-state index in [1.54, 1.807) is 24.3 Å². The minimum atomic E-state index is -0.956. The smallest absolute Gasteiger partial charge is 0.335 e. The summed E-state index contributed by atoms with van der Waals surface area (Å²) in [4.78, 5) is 48.2. The molecule has 2 aromatic rings. The molecule has 144 valence electrons. The van der Waals surface area contributed by atoms with E-state index in [2.05, 4.69) is 11.2 Å². The molecule has 1 N–H and O–H groups in total. The number of amides is 4. The molecular weight excluding hydrogens is 378 g/mol. The molecule has 0 unspecified atom stereocenters. The summed E-state index contributed by atoms with van der Waals surface area (Å²) in [6.07, 6.45) is 6.47. The summed E-state index contributed by atoms with van der Waals surface area (Å²) in [6.45, 7) is -0.00621. The van der Waals surface area contributed by atoms with Crippen molar-refractivity contribution in [2.45, 2.75) is 0 Å². The number of carbonyl (C=O) groups excluding carboxylic acids is 3. The highest BCUT2D eigenvalue weighted by molar-refractivity contribution is 6.39. The van der Waals surface area contributed by atoms with Gasteiger partial charge in [0.25, 0.3) is 17.5 Å². The van der Waals surface area contributed by atoms with E-state index in [-0.39, 0.29) is 23.6 Å². The standard InChI is InChI=1S/C20H13N3O6/c1-2-11-29-17-6-4-3-5-13(17)12-16-18(24)21-20(26)22(19(16)25)14-7-9-15(10-8-14)23(27)28/h1,3-10,12H,11H2,(H,21,24,26)/b16-12+. The van der Waals surface area contributed by atoms with Crippen molar-refractivity contribution in [2.75, 3.05) is 11.5 Å². The fourth-order valence-electron chi connectivity index (χ4n) is 2.62. The Morgan fingerprint density at radius 2 is 1.83 bits per heavy atom. The van der Waals surface area contributed by atoms with Crippen LogP contribution < -0.4 is 15.0 Å². The SMILES string of the molecule is C#CCOc1ccccc1/C=C1\C(=O)NC(=O)N(c2ccc([N+](=O)[O-])cc2)C1=O. The second kappa shape index (κ2) is 8.06. The Balaban J connectivity index is 1.98. The summed E-state index contributed by atoms with van der Waals surface area (Å²) < 4.78 is 5.40. The highest BCUT2D eigenvalue weighted by Crippen LogP contribution is 2.26. The summed E-state index contributed by atoms with van der Waals surface area (Å²) in [6, 6.07) is 10.4. The highest BCUT2D eigenvalue weighted by Gasteiger charge is 2.37. The molecule has 1 fully saturated rings. The molecule has 0 atom stereocenters. The number of benzene rings is 2. The first-order valence-electron chi connectivity index (χ1n) is 8.23. The number of barbiturate groups is 1. The maximum atomic E-state index is 12.9. The van der Waals surface area contributed by atoms with Gasteiger partial charge >= 0.3 is 6.03 Å². The van der Waals surface area contributed by atoms with Crippen molar-refractivity contribution in [3.8, 4) is 18.1 Å². The number of anilines is 1. The van der Waals surface area contributed by atoms with Gasteiger partial charge in [0.2, 0.25) is 0 Å². The van der Waals surface area contributed by atoms with Gasteiger partial charge in [0, 0.05) is 17.7 Å². The number of carbonyl (C=O) groups is 3. The molecule has 29 heavy (non-hydrogen) atoms. The third-order valence-corrected chi connectivity index (χ3v) is 3.95. The van der Waals surface area contributed by atoms with E-state index in [9.17, 15) is 24.5 Å². The Kier molecular flexibility index (Phi) is 5.37. The molecule has 1 saturated heterocycles. The Labute approximate surface area is 164 Å². The van der Waals surface area contributed by atoms with E-state index >= 15 is 0 Å². The highest BCUT2D eigenvalue weighted by atomic mass is 16.6. The van der Waals surface area contributed by atoms with Crippen molar-refractivity contribution in [1.82, 2.24) is 5.32 Å². The predicted octanol–water partition coefficient (Wildman–Crippen LogP) is 2.27. The van der Waals surface area contributed by atoms with Gasteiger partial charge in [-0.05, 0) is 24.3 Å². The lowest BCUT2D eigenvalue weighted by atomic mass is 10.1. The van der Waals surface area contributed by atoms with Crippen molar-refractivity contribution in [3.63, 3.8) is 0 Å². The largest absolute Gasteiger partial charge is 0.480 e. The third kappa shape index (κ3) is 3.96. The van der Waals surface area contributed by atoms with Crippen molar-refractivity contribution < 1.29 is 24.0 Å². The van der Waals surface area contributed by atoms with Gasteiger partial charge < -0.3 is 4.74 Å². The van der Waals surface area contributed by atoms with Gasteiger partial charge in [0.15, 0.2) is 0 Å². The molecule has 0 saturated carbocycles. The lowest BCUT2D eigenvalue weighted by Gasteiger charge is -2.26. The molecular formula is C20H13N3O6. The quantitative estimate of drug-likeness (QED) is 0.275. The van der Waals surface area contributed by atoms with Crippen LogP contribution in [0.1, 0.15) is 5.56 Å². The Morgan fingerprint density at radius 1 is 1.14 bits per heavy atom. The topological polar surface area (TPSA) is 119 Å². The van der Waals surface area contributed by atoms with Gasteiger partial charge in [0.05, 0.1) is 10.6 Å². The number of nitrogens with zero attached hydrogens (tertiary/aromatic N) is 2. The molecule has 2 aromatic carbocycles. The summed E-state index contributed by atoms with van der Waals surface area (Å²) in [5.74, 6) is 0.934. The first-order valence-corrected chi connectivity index (χ1v) is 8.23. The molecule has 0 aliphatic carbocycles. The number of para-hydroxylation sites is 1. The zero-order chi connectivity index (χ0) is 21.0. The number of hydrogen-bond donors (Lipinski definition) is 1. The van der Waals surface area contributed by atoms with Crippen LogP contribution in [0.3, 0.4) is 0 Å². The lowest BCUT2D eigenvalue weighted by Crippen LogP contribution is -2.54. The van der Waals surface area contributed by atoms with Crippen LogP contribution in [0.15, 0.2) is 54.1 Å². The fourth-order valence-corrected chi connectivity index (χ4v) is 2.62. The van der Waals surface area contributed by atoms with Gasteiger partial charge in [-0.25, -0.2) is 9.69 Å². The van der Waals surface area contributed by atoms with E-state index in [4.69, 9.17) is 11.2 Å². The fraction of sp³-hybridized carbons (Fsp3) is 0.0500. The van der Waals surface area contributed by atoms with Crippen molar-refractivity contribution in [2.24, 2.45) is 0 Å². The maximum Gasteiger partial charge on any atom is 0.335 e. The molecule has 1 heterocycles. The summed E-state index contributed by atoms with van der Waals surface area (Å²) in [5, 5.41) is 12.9. The molecule has 9 heteroatoms. The monoisotopic (exact) mass is 391 g/mol. The number of nitro groups is 1. The first-order chi connectivity index (χ1) is 13.9. The van der Waals surface area contributed by atoms with Crippen LogP contribution in [-0.2, 0) is 9.59 Å². The maximum absolute atomic E-state index is 12.9. The summed E-state index contributed by atoms with van der Waals surface area (Å²) >= 11 is 0. The van der Waals surface area contributed by atoms with Gasteiger partial charge in [-0.2, -0.15) is 0 Å². The number of hydrogen-bond acceptors (Lipinski definition) is 6. The van der Waals surface area contributed by atoms with E-state index in [1.165, 1.54) is 18.2 Å². The Hall–Kier alpha value is -4.45. The average molecular weight is 391 g/mol. The number of imide groups is 2. The van der Waals surface area contributed by atoms with E-state index in [1.807, 2.05) is 0 Å². The number of nitro benzene ring substituents is 1. The zero-order valence-corrected chi connectivity index (χ0v) is 14.8. The van der Waals surface area contributed by atoms with Crippen molar-refractivity contribution in [1.29, 1.82) is 0 Å². The summed E-state index contributed by atoms with van der Waals surface area (Å²) in [7, 11) is 0. The van der Waals surface area contributed by atoms with Crippen LogP contribution in [0, 0.1) is 22.5 Å². The lowest BCUT2D eigenvalue weighted by molar-refractivity contribution is -0.384. The number of rotatable bonds is 5. The Bertz CT molecular complexity index is 1080. The second-order valence-electron chi connectivity index (χ2n) is 5.76. The molecule has 1 aliphatic heterocycles. The van der Waals surface area contributed by atoms with Crippen LogP contribution in [-0.4, -0.2) is 29.4 Å². The molecule has 0 bridgehead atoms. The van der Waals surface area contributed by atoms with Gasteiger partial charge in [-0.1, -0.05) is 24.1 Å². The molecule has 0 radical (unpaired) electrons. The van der Waals surface area contributed by atoms with E-state index in [0.29, 0.717) is 11.3 Å². The molecule has 0 spiro atoms. The Morgan fingerprint density at radius 3 is 2.48 bits per heavy atom. The minimum absolute atomic E-state index is 0.00621. The first kappa shape index (κ1) is 19.3. The zero-order valence-electron chi connectivity index (χ0n) is 14.8. The van der Waals surface area contributed by atoms with Crippen molar-refractivity contribution in [3.05, 3.63) is 69.8 Å². The number of non-ortho nitro benzene ring substituents is 1. The number of nitrogens with one attached hydrogen (secondary N) is 1. The van der Waals surface area contributed by atoms with Crippen LogP contribution >= 0.6 is 0 Å². The van der Waals surface area contributed by atoms with Crippen LogP contribution in [0.4, 0.5) is 16.2 Å². The minimum Gasteiger partial charge on any atom is -0.480 e. The normalized spacial score (nSPS) is 15.1. The van der Waals surface area contributed by atoms with Crippen LogP contribution in [0.2, 0.25) is 0 Å². The average Bonchev–Trinajstić information content (AvgIpc) is 2.70.